The van der Waals surface area contributed by atoms with Crippen molar-refractivity contribution in [2.24, 2.45) is 0 Å². The van der Waals surface area contributed by atoms with Gasteiger partial charge >= 0.3 is 5.97 Å². The summed E-state index contributed by atoms with van der Waals surface area (Å²) in [6.45, 7) is 5.13. The van der Waals surface area contributed by atoms with Gasteiger partial charge in [-0.2, -0.15) is 0 Å². The van der Waals surface area contributed by atoms with E-state index < -0.39 is 12.0 Å². The lowest BCUT2D eigenvalue weighted by molar-refractivity contribution is -0.138. The summed E-state index contributed by atoms with van der Waals surface area (Å²) in [5.41, 5.74) is 2.92. The fraction of sp³-hybridized carbons (Fsp3) is 0.615. The molecular formula is C26H34N4O5. The summed E-state index contributed by atoms with van der Waals surface area (Å²) in [7, 11) is 0. The Kier molecular flexibility index (Phi) is 6.88. The van der Waals surface area contributed by atoms with Crippen LogP contribution < -0.4 is 5.32 Å². The van der Waals surface area contributed by atoms with Crippen molar-refractivity contribution >= 4 is 23.7 Å². The fourth-order valence-electron chi connectivity index (χ4n) is 6.21. The molecule has 3 amide bonds. The largest absolute Gasteiger partial charge is 0.481 e. The van der Waals surface area contributed by atoms with Gasteiger partial charge in [0.2, 0.25) is 11.8 Å². The van der Waals surface area contributed by atoms with E-state index >= 15 is 0 Å². The summed E-state index contributed by atoms with van der Waals surface area (Å²) >= 11 is 0. The van der Waals surface area contributed by atoms with Crippen molar-refractivity contribution in [3.63, 3.8) is 0 Å². The number of hydrogen-bond acceptors (Lipinski definition) is 6. The molecule has 3 saturated heterocycles. The van der Waals surface area contributed by atoms with Crippen molar-refractivity contribution in [2.75, 3.05) is 32.7 Å². The van der Waals surface area contributed by atoms with E-state index in [-0.39, 0.29) is 30.6 Å². The second kappa shape index (κ2) is 10.1. The molecule has 0 saturated carbocycles. The van der Waals surface area contributed by atoms with Crippen molar-refractivity contribution in [3.05, 3.63) is 34.9 Å². The molecule has 0 radical (unpaired) electrons. The normalized spacial score (nSPS) is 25.1. The van der Waals surface area contributed by atoms with Gasteiger partial charge in [0.1, 0.15) is 6.04 Å². The molecule has 1 unspecified atom stereocenters. The predicted molar refractivity (Wildman–Crippen MR) is 128 cm³/mol. The number of piperidine rings is 3. The van der Waals surface area contributed by atoms with Gasteiger partial charge in [-0.3, -0.25) is 24.5 Å². The predicted octanol–water partition coefficient (Wildman–Crippen LogP) is 1.57. The van der Waals surface area contributed by atoms with Gasteiger partial charge in [0.15, 0.2) is 0 Å². The maximum Gasteiger partial charge on any atom is 0.304 e. The lowest BCUT2D eigenvalue weighted by Crippen LogP contribution is -2.52. The number of benzene rings is 1. The summed E-state index contributed by atoms with van der Waals surface area (Å²) in [6, 6.07) is 6.15. The molecule has 1 atom stereocenters. The van der Waals surface area contributed by atoms with Gasteiger partial charge in [-0.15, -0.1) is 0 Å². The standard InChI is InChI=1S/C26H34N4O5/c31-23-4-3-22(25(34)27-23)30-16-19-15-18(1-2-21(19)26(30)35)17-5-13-29(14-6-17)20-7-10-28(11-8-20)12-9-24(32)33/h1-2,15,17,20,22H,3-14,16H2,(H,32,33)(H,27,31,34). The summed E-state index contributed by atoms with van der Waals surface area (Å²) < 4.78 is 0. The number of carboxylic acids is 1. The third kappa shape index (κ3) is 5.11. The Morgan fingerprint density at radius 3 is 2.43 bits per heavy atom. The molecule has 0 spiro atoms. The van der Waals surface area contributed by atoms with E-state index in [1.54, 1.807) is 4.90 Å². The van der Waals surface area contributed by atoms with Crippen molar-refractivity contribution in [2.45, 2.75) is 69.5 Å². The molecule has 4 heterocycles. The van der Waals surface area contributed by atoms with Crippen LogP contribution in [-0.2, 0) is 20.9 Å². The minimum atomic E-state index is -0.728. The molecule has 4 aliphatic rings. The Morgan fingerprint density at radius 2 is 1.74 bits per heavy atom. The third-order valence-corrected chi connectivity index (χ3v) is 8.26. The molecule has 9 heteroatoms. The second-order valence-corrected chi connectivity index (χ2v) is 10.3. The molecule has 0 aliphatic carbocycles. The van der Waals surface area contributed by atoms with E-state index in [0.717, 1.165) is 57.4 Å². The Hall–Kier alpha value is -2.78. The molecule has 35 heavy (non-hydrogen) atoms. The summed E-state index contributed by atoms with van der Waals surface area (Å²) in [6.07, 6.45) is 5.23. The van der Waals surface area contributed by atoms with Crippen molar-refractivity contribution in [1.82, 2.24) is 20.0 Å². The number of nitrogens with one attached hydrogen (secondary N) is 1. The third-order valence-electron chi connectivity index (χ3n) is 8.26. The van der Waals surface area contributed by atoms with E-state index in [0.29, 0.717) is 37.0 Å². The summed E-state index contributed by atoms with van der Waals surface area (Å²) in [5, 5.41) is 11.3. The van der Waals surface area contributed by atoms with Crippen LogP contribution in [0, 0.1) is 0 Å². The van der Waals surface area contributed by atoms with Gasteiger partial charge < -0.3 is 19.8 Å². The number of fused-ring (bicyclic) bond motifs is 1. The van der Waals surface area contributed by atoms with Crippen LogP contribution in [0.4, 0.5) is 0 Å². The highest BCUT2D eigenvalue weighted by Crippen LogP contribution is 2.34. The number of imide groups is 1. The number of aliphatic carboxylic acids is 1. The average molecular weight is 483 g/mol. The molecule has 2 N–H and O–H groups in total. The zero-order chi connectivity index (χ0) is 24.5. The number of carbonyl (C=O) groups is 4. The van der Waals surface area contributed by atoms with Crippen LogP contribution in [-0.4, -0.2) is 88.3 Å². The monoisotopic (exact) mass is 482 g/mol. The summed E-state index contributed by atoms with van der Waals surface area (Å²) in [4.78, 5) is 54.0. The zero-order valence-electron chi connectivity index (χ0n) is 20.1. The molecule has 0 aromatic heterocycles. The molecular weight excluding hydrogens is 448 g/mol. The van der Waals surface area contributed by atoms with E-state index in [1.165, 1.54) is 5.56 Å². The number of amides is 3. The minimum Gasteiger partial charge on any atom is -0.481 e. The highest BCUT2D eigenvalue weighted by atomic mass is 16.4. The van der Waals surface area contributed by atoms with E-state index in [1.807, 2.05) is 6.07 Å². The Morgan fingerprint density at radius 1 is 1.00 bits per heavy atom. The van der Waals surface area contributed by atoms with Crippen LogP contribution in [0.25, 0.3) is 0 Å². The van der Waals surface area contributed by atoms with Crippen molar-refractivity contribution in [1.29, 1.82) is 0 Å². The highest BCUT2D eigenvalue weighted by molar-refractivity contribution is 6.05. The van der Waals surface area contributed by atoms with Crippen molar-refractivity contribution < 1.29 is 24.3 Å². The molecule has 5 rings (SSSR count). The molecule has 9 nitrogen and oxygen atoms in total. The number of carbonyl (C=O) groups excluding carboxylic acids is 3. The lowest BCUT2D eigenvalue weighted by atomic mass is 9.86. The Bertz CT molecular complexity index is 1010. The van der Waals surface area contributed by atoms with Gasteiger partial charge in [0.05, 0.1) is 6.42 Å². The number of carboxylic acid groups (broad SMARTS) is 1. The molecule has 188 valence electrons. The Labute approximate surface area is 205 Å². The number of likely N-dealkylation sites (tertiary alicyclic amines) is 2. The first-order valence-electron chi connectivity index (χ1n) is 12.8. The van der Waals surface area contributed by atoms with E-state index in [4.69, 9.17) is 5.11 Å². The fourth-order valence-corrected chi connectivity index (χ4v) is 6.21. The van der Waals surface area contributed by atoms with E-state index in [2.05, 4.69) is 27.2 Å². The van der Waals surface area contributed by atoms with Crippen LogP contribution in [0.3, 0.4) is 0 Å². The number of nitrogens with zero attached hydrogens (tertiary/aromatic N) is 3. The van der Waals surface area contributed by atoms with Crippen LogP contribution in [0.5, 0.6) is 0 Å². The molecule has 0 bridgehead atoms. The van der Waals surface area contributed by atoms with Gasteiger partial charge in [0, 0.05) is 31.1 Å². The van der Waals surface area contributed by atoms with Gasteiger partial charge in [-0.25, -0.2) is 0 Å². The highest BCUT2D eigenvalue weighted by Gasteiger charge is 2.39. The molecule has 1 aromatic carbocycles. The SMILES string of the molecule is O=C(O)CCN1CCC(N2CCC(c3ccc4c(c3)CN(C3CCC(=O)NC3=O)C4=O)CC2)CC1. The van der Waals surface area contributed by atoms with Crippen LogP contribution >= 0.6 is 0 Å². The average Bonchev–Trinajstić information content (AvgIpc) is 3.18. The first-order chi connectivity index (χ1) is 16.9. The van der Waals surface area contributed by atoms with Gasteiger partial charge in [-0.05, 0) is 81.4 Å². The Balaban J connectivity index is 1.15. The van der Waals surface area contributed by atoms with Crippen LogP contribution in [0.2, 0.25) is 0 Å². The quantitative estimate of drug-likeness (QED) is 0.592. The number of hydrogen-bond donors (Lipinski definition) is 2. The zero-order valence-corrected chi connectivity index (χ0v) is 20.1. The maximum atomic E-state index is 12.9. The van der Waals surface area contributed by atoms with Crippen LogP contribution in [0.1, 0.15) is 72.3 Å². The van der Waals surface area contributed by atoms with Crippen molar-refractivity contribution in [3.8, 4) is 0 Å². The van der Waals surface area contributed by atoms with Gasteiger partial charge in [0.25, 0.3) is 5.91 Å². The maximum absolute atomic E-state index is 12.9. The molecule has 3 fully saturated rings. The lowest BCUT2D eigenvalue weighted by Gasteiger charge is -2.42. The second-order valence-electron chi connectivity index (χ2n) is 10.3. The molecule has 1 aromatic rings. The van der Waals surface area contributed by atoms with Gasteiger partial charge in [-0.1, -0.05) is 12.1 Å². The molecule has 4 aliphatic heterocycles. The number of rotatable bonds is 6. The van der Waals surface area contributed by atoms with Crippen LogP contribution in [0.15, 0.2) is 18.2 Å². The van der Waals surface area contributed by atoms with E-state index in [9.17, 15) is 19.2 Å². The first kappa shape index (κ1) is 23.9. The topological polar surface area (TPSA) is 110 Å². The smallest absolute Gasteiger partial charge is 0.304 e. The summed E-state index contributed by atoms with van der Waals surface area (Å²) in [5.74, 6) is -1.03. The minimum absolute atomic E-state index is 0.120. The first-order valence-corrected chi connectivity index (χ1v) is 12.8.